The number of nitrogens with one attached hydrogen (secondary N) is 3. The van der Waals surface area contributed by atoms with Crippen LogP contribution in [0.25, 0.3) is 22.4 Å². The fourth-order valence-electron chi connectivity index (χ4n) is 4.52. The molecule has 1 aliphatic rings. The second kappa shape index (κ2) is 9.73. The maximum absolute atomic E-state index is 12.9. The molecule has 0 amide bonds. The van der Waals surface area contributed by atoms with Crippen molar-refractivity contribution in [3.05, 3.63) is 75.2 Å². The van der Waals surface area contributed by atoms with Crippen LogP contribution in [0.1, 0.15) is 24.2 Å². The van der Waals surface area contributed by atoms with Crippen LogP contribution in [0, 0.1) is 6.92 Å². The fourth-order valence-corrected chi connectivity index (χ4v) is 4.72. The van der Waals surface area contributed by atoms with Gasteiger partial charge in [0.05, 0.1) is 35.5 Å². The first-order valence-corrected chi connectivity index (χ1v) is 12.0. The van der Waals surface area contributed by atoms with Gasteiger partial charge in [-0.1, -0.05) is 23.7 Å². The summed E-state index contributed by atoms with van der Waals surface area (Å²) in [5.74, 6) is 0.470. The summed E-state index contributed by atoms with van der Waals surface area (Å²) >= 11 is 6.05. The highest BCUT2D eigenvalue weighted by molar-refractivity contribution is 6.30. The Kier molecular flexibility index (Phi) is 6.51. The van der Waals surface area contributed by atoms with Gasteiger partial charge in [0, 0.05) is 36.5 Å². The number of ether oxygens (including phenoxy) is 1. The number of benzene rings is 2. The van der Waals surface area contributed by atoms with Crippen LogP contribution < -0.4 is 15.8 Å². The first-order valence-electron chi connectivity index (χ1n) is 11.7. The molecular weight excluding hydrogens is 466 g/mol. The molecule has 0 saturated carbocycles. The molecule has 4 N–H and O–H groups in total. The number of fused-ring (bicyclic) bond motifs is 1. The predicted octanol–water partition coefficient (Wildman–Crippen LogP) is 4.25. The number of imidazole rings is 1. The number of hydrogen-bond donors (Lipinski definition) is 4. The molecule has 3 heterocycles. The van der Waals surface area contributed by atoms with Crippen LogP contribution in [0.15, 0.2) is 53.5 Å². The molecule has 0 radical (unpaired) electrons. The van der Waals surface area contributed by atoms with Crippen molar-refractivity contribution < 1.29 is 9.84 Å². The van der Waals surface area contributed by atoms with Crippen LogP contribution in [-0.4, -0.2) is 52.4 Å². The molecule has 5 rings (SSSR count). The van der Waals surface area contributed by atoms with Gasteiger partial charge in [-0.3, -0.25) is 4.79 Å². The number of hydrogen-bond acceptors (Lipinski definition) is 6. The number of aromatic nitrogens is 3. The molecule has 4 aromatic rings. The number of rotatable bonds is 6. The minimum atomic E-state index is -0.794. The summed E-state index contributed by atoms with van der Waals surface area (Å²) in [5, 5.41) is 14.4. The summed E-state index contributed by atoms with van der Waals surface area (Å²) in [7, 11) is 0. The van der Waals surface area contributed by atoms with Crippen molar-refractivity contribution in [1.82, 2.24) is 15.0 Å². The number of nitrogens with zero attached hydrogens (tertiary/aromatic N) is 2. The van der Waals surface area contributed by atoms with Crippen LogP contribution in [0.5, 0.6) is 0 Å². The highest BCUT2D eigenvalue weighted by Gasteiger charge is 2.20. The minimum Gasteiger partial charge on any atom is -0.387 e. The lowest BCUT2D eigenvalue weighted by molar-refractivity contribution is 0.0532. The van der Waals surface area contributed by atoms with Gasteiger partial charge in [-0.25, -0.2) is 4.98 Å². The van der Waals surface area contributed by atoms with Crippen LogP contribution in [0.3, 0.4) is 0 Å². The maximum atomic E-state index is 12.9. The number of aliphatic hydroxyl groups excluding tert-OH is 1. The molecule has 2 aromatic heterocycles. The second-order valence-corrected chi connectivity index (χ2v) is 9.36. The zero-order valence-electron chi connectivity index (χ0n) is 19.6. The third kappa shape index (κ3) is 4.91. The summed E-state index contributed by atoms with van der Waals surface area (Å²) in [6.07, 6.45) is 0.957. The Morgan fingerprint density at radius 2 is 2.17 bits per heavy atom. The molecule has 35 heavy (non-hydrogen) atoms. The highest BCUT2D eigenvalue weighted by Crippen LogP contribution is 2.30. The van der Waals surface area contributed by atoms with E-state index in [1.165, 1.54) is 0 Å². The Labute approximate surface area is 207 Å². The number of morpholine rings is 1. The van der Waals surface area contributed by atoms with Crippen molar-refractivity contribution in [2.24, 2.45) is 0 Å². The van der Waals surface area contributed by atoms with E-state index in [2.05, 4.69) is 39.2 Å². The van der Waals surface area contributed by atoms with Gasteiger partial charge in [0.2, 0.25) is 0 Å². The van der Waals surface area contributed by atoms with Gasteiger partial charge in [0.25, 0.3) is 5.56 Å². The largest absolute Gasteiger partial charge is 0.387 e. The van der Waals surface area contributed by atoms with Gasteiger partial charge in [0.1, 0.15) is 11.4 Å². The first kappa shape index (κ1) is 23.4. The van der Waals surface area contributed by atoms with E-state index in [9.17, 15) is 9.90 Å². The van der Waals surface area contributed by atoms with Crippen LogP contribution in [0.2, 0.25) is 5.02 Å². The zero-order valence-corrected chi connectivity index (χ0v) is 20.4. The van der Waals surface area contributed by atoms with Crippen molar-refractivity contribution in [3.8, 4) is 11.4 Å². The maximum Gasteiger partial charge on any atom is 0.261 e. The Morgan fingerprint density at radius 3 is 2.97 bits per heavy atom. The Morgan fingerprint density at radius 1 is 1.31 bits per heavy atom. The number of halogens is 1. The molecular formula is C26H28ClN5O3. The number of aromatic amines is 2. The van der Waals surface area contributed by atoms with Crippen molar-refractivity contribution in [2.45, 2.75) is 26.1 Å². The number of pyridine rings is 1. The monoisotopic (exact) mass is 493 g/mol. The average molecular weight is 494 g/mol. The predicted molar refractivity (Wildman–Crippen MR) is 139 cm³/mol. The molecule has 0 aliphatic carbocycles. The van der Waals surface area contributed by atoms with Gasteiger partial charge >= 0.3 is 0 Å². The van der Waals surface area contributed by atoms with Crippen molar-refractivity contribution in [3.63, 3.8) is 0 Å². The summed E-state index contributed by atoms with van der Waals surface area (Å²) in [4.78, 5) is 26.0. The smallest absolute Gasteiger partial charge is 0.261 e. The van der Waals surface area contributed by atoms with E-state index in [1.807, 2.05) is 13.0 Å². The van der Waals surface area contributed by atoms with Gasteiger partial charge in [0.15, 0.2) is 0 Å². The SMILES string of the molecule is Cc1cc(N2CCO[C@@H](C)C2)cc2[nH]c(-c3c(NC[C@@H](O)c4cccc(Cl)c4)cc[nH]c3=O)nc12. The van der Waals surface area contributed by atoms with Crippen LogP contribution >= 0.6 is 11.6 Å². The molecule has 9 heteroatoms. The highest BCUT2D eigenvalue weighted by atomic mass is 35.5. The number of aliphatic hydroxyl groups is 1. The van der Waals surface area contributed by atoms with Crippen LogP contribution in [0.4, 0.5) is 11.4 Å². The van der Waals surface area contributed by atoms with Gasteiger partial charge in [-0.05, 0) is 55.3 Å². The number of anilines is 2. The molecule has 1 fully saturated rings. The van der Waals surface area contributed by atoms with Gasteiger partial charge < -0.3 is 30.0 Å². The lowest BCUT2D eigenvalue weighted by Crippen LogP contribution is -2.41. The van der Waals surface area contributed by atoms with Crippen LogP contribution in [-0.2, 0) is 4.74 Å². The molecule has 2 atom stereocenters. The number of aryl methyl sites for hydroxylation is 1. The normalized spacial score (nSPS) is 17.0. The molecule has 0 bridgehead atoms. The summed E-state index contributed by atoms with van der Waals surface area (Å²) < 4.78 is 5.68. The third-order valence-electron chi connectivity index (χ3n) is 6.29. The van der Waals surface area contributed by atoms with E-state index in [0.717, 1.165) is 35.4 Å². The van der Waals surface area contributed by atoms with E-state index in [4.69, 9.17) is 21.3 Å². The quantitative estimate of drug-likeness (QED) is 0.320. The Hall–Kier alpha value is -3.33. The Bertz CT molecular complexity index is 1420. The van der Waals surface area contributed by atoms with Crippen molar-refractivity contribution >= 4 is 34.0 Å². The molecule has 2 aromatic carbocycles. The summed E-state index contributed by atoms with van der Waals surface area (Å²) in [6.45, 7) is 6.66. The van der Waals surface area contributed by atoms with E-state index in [0.29, 0.717) is 34.3 Å². The molecule has 8 nitrogen and oxygen atoms in total. The molecule has 1 saturated heterocycles. The topological polar surface area (TPSA) is 106 Å². The standard InChI is InChI=1S/C26H28ClN5O3/c1-15-10-19(32-8-9-35-16(2)14-32)12-21-24(15)31-25(30-21)23-20(6-7-28-26(23)34)29-13-22(33)17-4-3-5-18(27)11-17/h3-7,10-12,16,22,33H,8-9,13-14H2,1-2H3,(H,30,31)(H2,28,29,34)/t16-,22+/m0/s1. The fraction of sp³-hybridized carbons (Fsp3) is 0.308. The minimum absolute atomic E-state index is 0.177. The van der Waals surface area contributed by atoms with E-state index < -0.39 is 6.10 Å². The molecule has 182 valence electrons. The zero-order chi connectivity index (χ0) is 24.5. The summed E-state index contributed by atoms with van der Waals surface area (Å²) in [6, 6.07) is 13.1. The van der Waals surface area contributed by atoms with Crippen molar-refractivity contribution in [2.75, 3.05) is 36.5 Å². The van der Waals surface area contributed by atoms with E-state index in [-0.39, 0.29) is 18.2 Å². The average Bonchev–Trinajstić information content (AvgIpc) is 3.27. The number of H-pyrrole nitrogens is 2. The van der Waals surface area contributed by atoms with Crippen molar-refractivity contribution in [1.29, 1.82) is 0 Å². The lowest BCUT2D eigenvalue weighted by atomic mass is 10.1. The second-order valence-electron chi connectivity index (χ2n) is 8.92. The van der Waals surface area contributed by atoms with Gasteiger partial charge in [-0.15, -0.1) is 0 Å². The molecule has 0 spiro atoms. The Balaban J connectivity index is 1.45. The van der Waals surface area contributed by atoms with E-state index in [1.54, 1.807) is 30.5 Å². The lowest BCUT2D eigenvalue weighted by Gasteiger charge is -2.33. The third-order valence-corrected chi connectivity index (χ3v) is 6.52. The molecule has 0 unspecified atom stereocenters. The molecule has 1 aliphatic heterocycles. The van der Waals surface area contributed by atoms with E-state index >= 15 is 0 Å². The first-order chi connectivity index (χ1) is 16.9. The van der Waals surface area contributed by atoms with Gasteiger partial charge in [-0.2, -0.15) is 0 Å². The summed E-state index contributed by atoms with van der Waals surface area (Å²) in [5.41, 5.74) is 5.20.